The quantitative estimate of drug-likeness (QED) is 0.493. The summed E-state index contributed by atoms with van der Waals surface area (Å²) in [4.78, 5) is 25.3. The molecule has 0 bridgehead atoms. The number of fused-ring (bicyclic) bond motifs is 1. The van der Waals surface area contributed by atoms with Gasteiger partial charge in [0, 0.05) is 49.3 Å². The molecule has 11 heteroatoms. The summed E-state index contributed by atoms with van der Waals surface area (Å²) < 4.78 is 38.6. The van der Waals surface area contributed by atoms with Crippen LogP contribution in [-0.4, -0.2) is 59.3 Å². The molecule has 1 spiro atoms. The molecule has 2 N–H and O–H groups in total. The van der Waals surface area contributed by atoms with Crippen LogP contribution in [0.2, 0.25) is 0 Å². The molecule has 0 radical (unpaired) electrons. The van der Waals surface area contributed by atoms with Crippen molar-refractivity contribution < 1.29 is 18.0 Å². The number of benzene rings is 1. The summed E-state index contributed by atoms with van der Waals surface area (Å²) in [5.74, 6) is 0.750. The molecule has 1 aliphatic carbocycles. The van der Waals surface area contributed by atoms with E-state index in [0.29, 0.717) is 24.0 Å². The fourth-order valence-corrected chi connectivity index (χ4v) is 6.81. The van der Waals surface area contributed by atoms with Crippen LogP contribution in [0.1, 0.15) is 29.7 Å². The number of carbonyl (C=O) groups is 1. The standard InChI is InChI=1S/C25H27F3N6OS/c26-25(27,28)12-19-9-20-21(30-15-31-22(20)36-19)34-7-5-24(14-34)10-18(11-24)32-17-3-1-16(2-4-17)13-33-8-6-29-23(33)35/h1-4,9,15,18,32H,5-8,10-14H2,(H,29,35). The number of urea groups is 1. The maximum atomic E-state index is 12.9. The number of carbonyl (C=O) groups excluding carboxylic acids is 1. The first-order valence-corrected chi connectivity index (χ1v) is 13.0. The first-order chi connectivity index (χ1) is 17.3. The second-order valence-electron chi connectivity index (χ2n) is 10.2. The van der Waals surface area contributed by atoms with E-state index in [1.165, 1.54) is 6.33 Å². The van der Waals surface area contributed by atoms with Crippen LogP contribution in [0.25, 0.3) is 10.2 Å². The van der Waals surface area contributed by atoms with Crippen molar-refractivity contribution in [1.29, 1.82) is 0 Å². The minimum atomic E-state index is -4.23. The summed E-state index contributed by atoms with van der Waals surface area (Å²) in [7, 11) is 0. The van der Waals surface area contributed by atoms with Crippen LogP contribution < -0.4 is 15.5 Å². The van der Waals surface area contributed by atoms with Crippen molar-refractivity contribution in [2.45, 2.75) is 44.4 Å². The summed E-state index contributed by atoms with van der Waals surface area (Å²) in [5.41, 5.74) is 2.40. The third-order valence-electron chi connectivity index (χ3n) is 7.47. The minimum absolute atomic E-state index is 0.00831. The number of amides is 2. The Bertz CT molecular complexity index is 1270. The SMILES string of the molecule is O=C1NCCN1Cc1ccc(NC2CC3(CCN(c4ncnc5sc(CC(F)(F)F)cc45)C3)C2)cc1. The van der Waals surface area contributed by atoms with Crippen molar-refractivity contribution in [2.75, 3.05) is 36.4 Å². The lowest BCUT2D eigenvalue weighted by atomic mass is 9.65. The molecule has 36 heavy (non-hydrogen) atoms. The molecule has 1 saturated carbocycles. The normalized spacial score (nSPS) is 24.0. The molecule has 0 atom stereocenters. The third-order valence-corrected chi connectivity index (χ3v) is 8.52. The van der Waals surface area contributed by atoms with Gasteiger partial charge in [-0.25, -0.2) is 14.8 Å². The van der Waals surface area contributed by atoms with Crippen molar-refractivity contribution >= 4 is 39.1 Å². The van der Waals surface area contributed by atoms with Crippen LogP contribution in [0, 0.1) is 5.41 Å². The van der Waals surface area contributed by atoms with Gasteiger partial charge in [-0.1, -0.05) is 12.1 Å². The van der Waals surface area contributed by atoms with E-state index in [-0.39, 0.29) is 16.3 Å². The Hall–Kier alpha value is -3.08. The zero-order chi connectivity index (χ0) is 24.9. The summed E-state index contributed by atoms with van der Waals surface area (Å²) in [5, 5.41) is 7.17. The largest absolute Gasteiger partial charge is 0.393 e. The van der Waals surface area contributed by atoms with Crippen molar-refractivity contribution in [3.8, 4) is 0 Å². The first kappa shape index (κ1) is 23.3. The van der Waals surface area contributed by atoms with Crippen molar-refractivity contribution in [1.82, 2.24) is 20.2 Å². The van der Waals surface area contributed by atoms with E-state index in [1.807, 2.05) is 4.90 Å². The molecule has 3 fully saturated rings. The molecular formula is C25H27F3N6OS. The Balaban J connectivity index is 1.06. The first-order valence-electron chi connectivity index (χ1n) is 12.2. The Morgan fingerprint density at radius 2 is 1.97 bits per heavy atom. The van der Waals surface area contributed by atoms with E-state index in [0.717, 1.165) is 72.7 Å². The summed E-state index contributed by atoms with van der Waals surface area (Å²) in [6.45, 7) is 3.77. The van der Waals surface area contributed by atoms with Gasteiger partial charge in [0.2, 0.25) is 0 Å². The van der Waals surface area contributed by atoms with Crippen LogP contribution in [-0.2, 0) is 13.0 Å². The molecule has 2 saturated heterocycles. The lowest BCUT2D eigenvalue weighted by molar-refractivity contribution is -0.126. The highest BCUT2D eigenvalue weighted by molar-refractivity contribution is 7.18. The second-order valence-corrected chi connectivity index (χ2v) is 11.3. The summed E-state index contributed by atoms with van der Waals surface area (Å²) in [6.07, 6.45) is -0.550. The molecule has 190 valence electrons. The van der Waals surface area contributed by atoms with Gasteiger partial charge in [-0.3, -0.25) is 0 Å². The van der Waals surface area contributed by atoms with E-state index in [1.54, 1.807) is 6.07 Å². The number of alkyl halides is 3. The molecule has 2 aliphatic heterocycles. The molecule has 3 aliphatic rings. The van der Waals surface area contributed by atoms with Crippen LogP contribution in [0.15, 0.2) is 36.7 Å². The van der Waals surface area contributed by atoms with Crippen LogP contribution in [0.5, 0.6) is 0 Å². The Kier molecular flexibility index (Phi) is 5.70. The van der Waals surface area contributed by atoms with Gasteiger partial charge in [-0.2, -0.15) is 13.2 Å². The number of nitrogens with zero attached hydrogens (tertiary/aromatic N) is 4. The molecule has 1 aromatic carbocycles. The topological polar surface area (TPSA) is 73.4 Å². The smallest absolute Gasteiger partial charge is 0.382 e. The maximum Gasteiger partial charge on any atom is 0.393 e. The lowest BCUT2D eigenvalue weighted by Gasteiger charge is -2.46. The molecular weight excluding hydrogens is 489 g/mol. The maximum absolute atomic E-state index is 12.9. The van der Waals surface area contributed by atoms with Crippen LogP contribution >= 0.6 is 11.3 Å². The monoisotopic (exact) mass is 516 g/mol. The van der Waals surface area contributed by atoms with Crippen LogP contribution in [0.4, 0.5) is 29.5 Å². The Labute approximate surface area is 210 Å². The molecule has 7 nitrogen and oxygen atoms in total. The number of hydrogen-bond acceptors (Lipinski definition) is 6. The lowest BCUT2D eigenvalue weighted by Crippen LogP contribution is -2.46. The average Bonchev–Trinajstić information content (AvgIpc) is 3.52. The average molecular weight is 517 g/mol. The number of aromatic nitrogens is 2. The minimum Gasteiger partial charge on any atom is -0.382 e. The van der Waals surface area contributed by atoms with E-state index >= 15 is 0 Å². The third kappa shape index (κ3) is 4.68. The predicted molar refractivity (Wildman–Crippen MR) is 133 cm³/mol. The second kappa shape index (κ2) is 8.79. The van der Waals surface area contributed by atoms with E-state index < -0.39 is 12.6 Å². The van der Waals surface area contributed by atoms with Gasteiger partial charge in [0.15, 0.2) is 0 Å². The van der Waals surface area contributed by atoms with Gasteiger partial charge in [-0.15, -0.1) is 11.3 Å². The van der Waals surface area contributed by atoms with Crippen molar-refractivity contribution in [3.05, 3.63) is 47.1 Å². The van der Waals surface area contributed by atoms with Gasteiger partial charge in [0.25, 0.3) is 0 Å². The Morgan fingerprint density at radius 3 is 2.69 bits per heavy atom. The molecule has 0 unspecified atom stereocenters. The van der Waals surface area contributed by atoms with E-state index in [4.69, 9.17) is 0 Å². The van der Waals surface area contributed by atoms with Gasteiger partial charge in [0.1, 0.15) is 17.0 Å². The van der Waals surface area contributed by atoms with E-state index in [9.17, 15) is 18.0 Å². The fraction of sp³-hybridized carbons (Fsp3) is 0.480. The molecule has 4 heterocycles. The zero-order valence-corrected chi connectivity index (χ0v) is 20.5. The molecule has 6 rings (SSSR count). The van der Waals surface area contributed by atoms with Gasteiger partial charge < -0.3 is 20.4 Å². The van der Waals surface area contributed by atoms with E-state index in [2.05, 4.69) is 49.8 Å². The molecule has 2 aromatic heterocycles. The number of nitrogens with one attached hydrogen (secondary N) is 2. The molecule has 3 aromatic rings. The molecule has 2 amide bonds. The highest BCUT2D eigenvalue weighted by atomic mass is 32.1. The highest BCUT2D eigenvalue weighted by Crippen LogP contribution is 2.50. The van der Waals surface area contributed by atoms with Crippen LogP contribution in [0.3, 0.4) is 0 Å². The number of hydrogen-bond donors (Lipinski definition) is 2. The number of thiophene rings is 1. The zero-order valence-electron chi connectivity index (χ0n) is 19.6. The summed E-state index contributed by atoms with van der Waals surface area (Å²) in [6, 6.07) is 10.3. The number of halogens is 3. The van der Waals surface area contributed by atoms with Gasteiger partial charge in [-0.05, 0) is 48.4 Å². The Morgan fingerprint density at radius 1 is 1.17 bits per heavy atom. The number of rotatable bonds is 6. The van der Waals surface area contributed by atoms with Gasteiger partial charge in [0.05, 0.1) is 11.8 Å². The summed E-state index contributed by atoms with van der Waals surface area (Å²) >= 11 is 1.10. The number of anilines is 2. The van der Waals surface area contributed by atoms with Crippen molar-refractivity contribution in [3.63, 3.8) is 0 Å². The fourth-order valence-electron chi connectivity index (χ4n) is 5.79. The van der Waals surface area contributed by atoms with Crippen molar-refractivity contribution in [2.24, 2.45) is 5.41 Å². The van der Waals surface area contributed by atoms with Gasteiger partial charge >= 0.3 is 12.2 Å². The predicted octanol–water partition coefficient (Wildman–Crippen LogP) is 4.79. The highest BCUT2D eigenvalue weighted by Gasteiger charge is 2.49.